The molecule has 0 unspecified atom stereocenters. The molecule has 0 N–H and O–H groups in total. The van der Waals surface area contributed by atoms with Crippen LogP contribution in [0.4, 0.5) is 18.9 Å². The minimum atomic E-state index is -4.41. The predicted octanol–water partition coefficient (Wildman–Crippen LogP) is 6.33. The molecule has 0 aromatic heterocycles. The van der Waals surface area contributed by atoms with Gasteiger partial charge in [0.25, 0.3) is 0 Å². The van der Waals surface area contributed by atoms with Gasteiger partial charge in [-0.05, 0) is 54.3 Å². The molecule has 0 bridgehead atoms. The van der Waals surface area contributed by atoms with Crippen molar-refractivity contribution in [2.24, 2.45) is 5.92 Å². The topological polar surface area (TPSA) is 46.6 Å². The summed E-state index contributed by atoms with van der Waals surface area (Å²) < 4.78 is 43.6. The van der Waals surface area contributed by atoms with Gasteiger partial charge in [0.15, 0.2) is 0 Å². The Kier molecular flexibility index (Phi) is 7.24. The summed E-state index contributed by atoms with van der Waals surface area (Å²) in [6, 6.07) is 20.0. The van der Waals surface area contributed by atoms with E-state index in [0.29, 0.717) is 18.5 Å². The van der Waals surface area contributed by atoms with E-state index in [4.69, 9.17) is 4.74 Å². The summed E-state index contributed by atoms with van der Waals surface area (Å²) in [6.07, 6.45) is -2.93. The molecule has 4 nitrogen and oxygen atoms in total. The molecule has 0 saturated carbocycles. The number of ketones is 1. The largest absolute Gasteiger partial charge is 0.496 e. The number of amides is 1. The van der Waals surface area contributed by atoms with Gasteiger partial charge in [0.1, 0.15) is 11.5 Å². The second kappa shape index (κ2) is 10.3. The van der Waals surface area contributed by atoms with Crippen LogP contribution in [0.3, 0.4) is 0 Å². The fourth-order valence-electron chi connectivity index (χ4n) is 4.49. The molecule has 1 saturated heterocycles. The number of hydrogen-bond acceptors (Lipinski definition) is 3. The van der Waals surface area contributed by atoms with Crippen LogP contribution in [0.15, 0.2) is 72.8 Å². The maximum atomic E-state index is 13.2. The summed E-state index contributed by atoms with van der Waals surface area (Å²) in [6.45, 7) is 0.580. The van der Waals surface area contributed by atoms with Crippen LogP contribution in [0.5, 0.6) is 5.75 Å². The van der Waals surface area contributed by atoms with Crippen molar-refractivity contribution in [1.82, 2.24) is 0 Å². The maximum absolute atomic E-state index is 13.2. The van der Waals surface area contributed by atoms with Crippen LogP contribution >= 0.6 is 0 Å². The molecule has 0 aliphatic carbocycles. The predicted molar refractivity (Wildman–Crippen MR) is 128 cm³/mol. The Morgan fingerprint density at radius 3 is 2.34 bits per heavy atom. The van der Waals surface area contributed by atoms with E-state index in [-0.39, 0.29) is 24.5 Å². The van der Waals surface area contributed by atoms with E-state index >= 15 is 0 Å². The van der Waals surface area contributed by atoms with Gasteiger partial charge in [0, 0.05) is 36.6 Å². The van der Waals surface area contributed by atoms with Gasteiger partial charge in [-0.2, -0.15) is 13.2 Å². The van der Waals surface area contributed by atoms with Crippen molar-refractivity contribution >= 4 is 17.4 Å². The van der Waals surface area contributed by atoms with E-state index in [9.17, 15) is 22.8 Å². The number of para-hydroxylation sites is 1. The Morgan fingerprint density at radius 2 is 1.69 bits per heavy atom. The van der Waals surface area contributed by atoms with Crippen LogP contribution in [0, 0.1) is 5.92 Å². The van der Waals surface area contributed by atoms with E-state index in [2.05, 4.69) is 0 Å². The molecular weight excluding hydrogens is 455 g/mol. The van der Waals surface area contributed by atoms with E-state index < -0.39 is 17.7 Å². The molecule has 4 rings (SSSR count). The number of benzene rings is 3. The molecular formula is C28H26F3NO3. The van der Waals surface area contributed by atoms with Crippen LogP contribution < -0.4 is 9.64 Å². The second-order valence-electron chi connectivity index (χ2n) is 8.69. The van der Waals surface area contributed by atoms with Gasteiger partial charge in [-0.1, -0.05) is 42.5 Å². The van der Waals surface area contributed by atoms with E-state index in [1.54, 1.807) is 12.0 Å². The fraction of sp³-hybridized carbons (Fsp3) is 0.286. The standard InChI is InChI=1S/C28H26F3NO3/c1-35-26-7-3-2-6-25(26)20-10-14-23(15-11-20)32-16-4-5-21(27(32)34)18-24(33)17-19-8-12-22(13-9-19)28(29,30)31/h2-3,6-15,21H,4-5,16-18H2,1H3/t21-/m1/s1. The van der Waals surface area contributed by atoms with Gasteiger partial charge in [-0.25, -0.2) is 0 Å². The molecule has 0 radical (unpaired) electrons. The smallest absolute Gasteiger partial charge is 0.416 e. The summed E-state index contributed by atoms with van der Waals surface area (Å²) in [4.78, 5) is 27.5. The Labute approximate surface area is 202 Å². The Hall–Kier alpha value is -3.61. The molecule has 0 spiro atoms. The number of hydrogen-bond donors (Lipinski definition) is 0. The number of halogens is 3. The summed E-state index contributed by atoms with van der Waals surface area (Å²) >= 11 is 0. The first-order chi connectivity index (χ1) is 16.8. The number of Topliss-reactive ketones (excluding diaryl/α,β-unsaturated/α-hetero) is 1. The number of piperidine rings is 1. The average molecular weight is 482 g/mol. The SMILES string of the molecule is COc1ccccc1-c1ccc(N2CCC[C@H](CC(=O)Cc3ccc(C(F)(F)F)cc3)C2=O)cc1. The van der Waals surface area contributed by atoms with E-state index in [1.807, 2.05) is 48.5 Å². The van der Waals surface area contributed by atoms with Crippen molar-refractivity contribution in [1.29, 1.82) is 0 Å². The number of nitrogens with zero attached hydrogens (tertiary/aromatic N) is 1. The molecule has 35 heavy (non-hydrogen) atoms. The molecule has 1 aliphatic heterocycles. The minimum absolute atomic E-state index is 0.00945. The molecule has 1 amide bonds. The first-order valence-electron chi connectivity index (χ1n) is 11.5. The van der Waals surface area contributed by atoms with Crippen LogP contribution in [0.2, 0.25) is 0 Å². The molecule has 1 fully saturated rings. The zero-order valence-corrected chi connectivity index (χ0v) is 19.3. The first-order valence-corrected chi connectivity index (χ1v) is 11.5. The molecule has 1 aliphatic rings. The van der Waals surface area contributed by atoms with Gasteiger partial charge >= 0.3 is 6.18 Å². The van der Waals surface area contributed by atoms with Crippen LogP contribution in [-0.4, -0.2) is 25.3 Å². The van der Waals surface area contributed by atoms with Crippen LogP contribution in [0.25, 0.3) is 11.1 Å². The van der Waals surface area contributed by atoms with Crippen molar-refractivity contribution in [3.8, 4) is 16.9 Å². The van der Waals surface area contributed by atoms with Crippen molar-refractivity contribution in [2.75, 3.05) is 18.6 Å². The Bertz CT molecular complexity index is 1190. The summed E-state index contributed by atoms with van der Waals surface area (Å²) in [5.41, 5.74) is 2.46. The number of carbonyl (C=O) groups is 2. The van der Waals surface area contributed by atoms with Crippen LogP contribution in [0.1, 0.15) is 30.4 Å². The first kappa shape index (κ1) is 24.5. The van der Waals surface area contributed by atoms with Gasteiger partial charge in [0.05, 0.1) is 12.7 Å². The highest BCUT2D eigenvalue weighted by Gasteiger charge is 2.32. The lowest BCUT2D eigenvalue weighted by atomic mass is 9.90. The monoisotopic (exact) mass is 481 g/mol. The van der Waals surface area contributed by atoms with Crippen LogP contribution in [-0.2, 0) is 22.2 Å². The van der Waals surface area contributed by atoms with Crippen molar-refractivity contribution in [2.45, 2.75) is 31.9 Å². The summed E-state index contributed by atoms with van der Waals surface area (Å²) in [7, 11) is 1.62. The average Bonchev–Trinajstić information content (AvgIpc) is 2.85. The molecule has 7 heteroatoms. The highest BCUT2D eigenvalue weighted by molar-refractivity contribution is 5.98. The van der Waals surface area contributed by atoms with E-state index in [1.165, 1.54) is 12.1 Å². The highest BCUT2D eigenvalue weighted by Crippen LogP contribution is 2.33. The Balaban J connectivity index is 1.40. The third-order valence-corrected chi connectivity index (χ3v) is 6.30. The lowest BCUT2D eigenvalue weighted by Gasteiger charge is -2.32. The third-order valence-electron chi connectivity index (χ3n) is 6.30. The Morgan fingerprint density at radius 1 is 1.00 bits per heavy atom. The normalized spacial score (nSPS) is 16.3. The van der Waals surface area contributed by atoms with Crippen molar-refractivity contribution in [3.63, 3.8) is 0 Å². The van der Waals surface area contributed by atoms with Crippen molar-refractivity contribution in [3.05, 3.63) is 83.9 Å². The number of anilines is 1. The molecule has 3 aromatic carbocycles. The van der Waals surface area contributed by atoms with Gasteiger partial charge in [-0.3, -0.25) is 9.59 Å². The van der Waals surface area contributed by atoms with Gasteiger partial charge in [0.2, 0.25) is 5.91 Å². The van der Waals surface area contributed by atoms with E-state index in [0.717, 1.165) is 41.1 Å². The number of rotatable bonds is 7. The van der Waals surface area contributed by atoms with Gasteiger partial charge in [-0.15, -0.1) is 0 Å². The quantitative estimate of drug-likeness (QED) is 0.396. The summed E-state index contributed by atoms with van der Waals surface area (Å²) in [5, 5.41) is 0. The lowest BCUT2D eigenvalue weighted by molar-refractivity contribution is -0.137. The zero-order valence-electron chi connectivity index (χ0n) is 19.3. The zero-order chi connectivity index (χ0) is 25.0. The van der Waals surface area contributed by atoms with Gasteiger partial charge < -0.3 is 9.64 Å². The number of carbonyl (C=O) groups excluding carboxylic acids is 2. The summed E-state index contributed by atoms with van der Waals surface area (Å²) in [5.74, 6) is 0.0825. The molecule has 1 heterocycles. The fourth-order valence-corrected chi connectivity index (χ4v) is 4.49. The maximum Gasteiger partial charge on any atom is 0.416 e. The molecule has 3 aromatic rings. The highest BCUT2D eigenvalue weighted by atomic mass is 19.4. The second-order valence-corrected chi connectivity index (χ2v) is 8.69. The third kappa shape index (κ3) is 5.73. The van der Waals surface area contributed by atoms with Crippen molar-refractivity contribution < 1.29 is 27.5 Å². The molecule has 182 valence electrons. The number of alkyl halides is 3. The number of ether oxygens (including phenoxy) is 1. The number of methoxy groups -OCH3 is 1. The molecule has 1 atom stereocenters. The lowest BCUT2D eigenvalue weighted by Crippen LogP contribution is -2.42. The minimum Gasteiger partial charge on any atom is -0.496 e.